The first-order chi connectivity index (χ1) is 11.0. The van der Waals surface area contributed by atoms with Gasteiger partial charge in [0, 0.05) is 17.1 Å². The third-order valence-electron chi connectivity index (χ3n) is 3.66. The van der Waals surface area contributed by atoms with E-state index >= 15 is 0 Å². The Morgan fingerprint density at radius 3 is 2.70 bits per heavy atom. The van der Waals surface area contributed by atoms with Crippen LogP contribution < -0.4 is 0 Å². The van der Waals surface area contributed by atoms with Crippen LogP contribution in [0, 0.1) is 0 Å². The van der Waals surface area contributed by atoms with Crippen molar-refractivity contribution in [2.24, 2.45) is 0 Å². The van der Waals surface area contributed by atoms with E-state index in [0.29, 0.717) is 27.3 Å². The number of hydrogen-bond acceptors (Lipinski definition) is 4. The topological polar surface area (TPSA) is 29.5 Å². The summed E-state index contributed by atoms with van der Waals surface area (Å²) in [5, 5.41) is 3.17. The standard InChI is InChI=1S/C16H12Cl3NO2S/c1-22-16(21)13(10-4-2-3-5-11(10)17)20-8-9-6-7-23-14(9)12(18)15(20)19/h2-7,13H,8H2,1H3/t13-/m0/s1. The lowest BCUT2D eigenvalue weighted by Gasteiger charge is -2.34. The van der Waals surface area contributed by atoms with Gasteiger partial charge in [0.1, 0.15) is 5.16 Å². The SMILES string of the molecule is COC(=O)[C@H](c1ccccc1Cl)N1Cc2ccsc2C(Cl)=C1Cl. The van der Waals surface area contributed by atoms with E-state index < -0.39 is 12.0 Å². The van der Waals surface area contributed by atoms with Crippen molar-refractivity contribution in [1.29, 1.82) is 0 Å². The van der Waals surface area contributed by atoms with Crippen LogP contribution in [0.15, 0.2) is 40.9 Å². The number of ether oxygens (including phenoxy) is 1. The molecule has 0 unspecified atom stereocenters. The first-order valence-electron chi connectivity index (χ1n) is 6.75. The van der Waals surface area contributed by atoms with Crippen LogP contribution in [-0.4, -0.2) is 18.0 Å². The first-order valence-corrected chi connectivity index (χ1v) is 8.77. The summed E-state index contributed by atoms with van der Waals surface area (Å²) in [5.41, 5.74) is 1.65. The van der Waals surface area contributed by atoms with Gasteiger partial charge in [-0.2, -0.15) is 0 Å². The number of carbonyl (C=O) groups excluding carboxylic acids is 1. The monoisotopic (exact) mass is 387 g/mol. The second-order valence-electron chi connectivity index (χ2n) is 4.95. The summed E-state index contributed by atoms with van der Waals surface area (Å²) in [6.07, 6.45) is 0. The van der Waals surface area contributed by atoms with Crippen molar-refractivity contribution in [3.8, 4) is 0 Å². The molecular formula is C16H12Cl3NO2S. The highest BCUT2D eigenvalue weighted by Gasteiger charge is 2.35. The van der Waals surface area contributed by atoms with Gasteiger partial charge < -0.3 is 9.64 Å². The number of rotatable bonds is 3. The molecule has 0 saturated heterocycles. The van der Waals surface area contributed by atoms with E-state index in [4.69, 9.17) is 39.5 Å². The Hall–Kier alpha value is -1.20. The maximum Gasteiger partial charge on any atom is 0.333 e. The lowest BCUT2D eigenvalue weighted by atomic mass is 10.0. The van der Waals surface area contributed by atoms with Crippen LogP contribution in [0.1, 0.15) is 22.0 Å². The molecule has 0 bridgehead atoms. The minimum absolute atomic E-state index is 0.317. The van der Waals surface area contributed by atoms with Gasteiger partial charge in [0.15, 0.2) is 6.04 Å². The number of benzene rings is 1. The van der Waals surface area contributed by atoms with Crippen LogP contribution in [0.4, 0.5) is 0 Å². The molecule has 2 aromatic rings. The number of thiophene rings is 1. The molecule has 1 aliphatic heterocycles. The molecule has 1 atom stereocenters. The molecule has 120 valence electrons. The molecule has 0 N–H and O–H groups in total. The van der Waals surface area contributed by atoms with Gasteiger partial charge in [-0.05, 0) is 23.1 Å². The van der Waals surface area contributed by atoms with Crippen molar-refractivity contribution < 1.29 is 9.53 Å². The largest absolute Gasteiger partial charge is 0.467 e. The summed E-state index contributed by atoms with van der Waals surface area (Å²) in [6, 6.07) is 8.34. The molecule has 7 heteroatoms. The molecule has 1 aromatic carbocycles. The Balaban J connectivity index is 2.10. The van der Waals surface area contributed by atoms with Gasteiger partial charge >= 0.3 is 5.97 Å². The van der Waals surface area contributed by atoms with E-state index in [0.717, 1.165) is 10.4 Å². The molecule has 0 aliphatic carbocycles. The van der Waals surface area contributed by atoms with Gasteiger partial charge in [0.05, 0.1) is 17.0 Å². The Bertz CT molecular complexity index is 787. The molecule has 0 fully saturated rings. The van der Waals surface area contributed by atoms with Gasteiger partial charge in [-0.3, -0.25) is 0 Å². The minimum Gasteiger partial charge on any atom is -0.467 e. The highest BCUT2D eigenvalue weighted by molar-refractivity contribution is 7.12. The van der Waals surface area contributed by atoms with Crippen molar-refractivity contribution in [3.05, 3.63) is 61.9 Å². The lowest BCUT2D eigenvalue weighted by molar-refractivity contribution is -0.146. The number of halogens is 3. The predicted molar refractivity (Wildman–Crippen MR) is 94.7 cm³/mol. The number of esters is 1. The second-order valence-corrected chi connectivity index (χ2v) is 7.01. The molecule has 0 radical (unpaired) electrons. The van der Waals surface area contributed by atoms with E-state index in [1.54, 1.807) is 23.1 Å². The van der Waals surface area contributed by atoms with Gasteiger partial charge in [0.2, 0.25) is 0 Å². The van der Waals surface area contributed by atoms with Crippen molar-refractivity contribution in [3.63, 3.8) is 0 Å². The quantitative estimate of drug-likeness (QED) is 0.532. The molecule has 3 nitrogen and oxygen atoms in total. The van der Waals surface area contributed by atoms with E-state index in [9.17, 15) is 4.79 Å². The van der Waals surface area contributed by atoms with Crippen molar-refractivity contribution >= 4 is 57.1 Å². The molecule has 0 saturated carbocycles. The minimum atomic E-state index is -0.761. The smallest absolute Gasteiger partial charge is 0.333 e. The van der Waals surface area contributed by atoms with E-state index in [-0.39, 0.29) is 0 Å². The maximum atomic E-state index is 12.4. The van der Waals surface area contributed by atoms with Crippen LogP contribution >= 0.6 is 46.1 Å². The van der Waals surface area contributed by atoms with Crippen molar-refractivity contribution in [2.45, 2.75) is 12.6 Å². The van der Waals surface area contributed by atoms with Gasteiger partial charge in [-0.15, -0.1) is 11.3 Å². The summed E-state index contributed by atoms with van der Waals surface area (Å²) in [5.74, 6) is -0.445. The zero-order valence-corrected chi connectivity index (χ0v) is 15.1. The Morgan fingerprint density at radius 1 is 1.26 bits per heavy atom. The lowest BCUT2D eigenvalue weighted by Crippen LogP contribution is -2.34. The van der Waals surface area contributed by atoms with Crippen LogP contribution in [0.25, 0.3) is 5.03 Å². The summed E-state index contributed by atoms with van der Waals surface area (Å²) in [6.45, 7) is 0.457. The fourth-order valence-electron chi connectivity index (χ4n) is 2.56. The van der Waals surface area contributed by atoms with Crippen LogP contribution in [-0.2, 0) is 16.1 Å². The van der Waals surface area contributed by atoms with Gasteiger partial charge in [-0.25, -0.2) is 4.79 Å². The van der Waals surface area contributed by atoms with E-state index in [2.05, 4.69) is 0 Å². The van der Waals surface area contributed by atoms with Gasteiger partial charge in [0.25, 0.3) is 0 Å². The molecule has 0 amide bonds. The zero-order chi connectivity index (χ0) is 16.6. The van der Waals surface area contributed by atoms with E-state index in [1.807, 2.05) is 17.5 Å². The average Bonchev–Trinajstić information content (AvgIpc) is 3.02. The Kier molecular flexibility index (Phi) is 4.87. The maximum absolute atomic E-state index is 12.4. The molecule has 0 spiro atoms. The number of methoxy groups -OCH3 is 1. The van der Waals surface area contributed by atoms with Crippen LogP contribution in [0.3, 0.4) is 0 Å². The first kappa shape index (κ1) is 16.7. The molecule has 3 rings (SSSR count). The third kappa shape index (κ3) is 2.96. The summed E-state index contributed by atoms with van der Waals surface area (Å²) >= 11 is 20.6. The van der Waals surface area contributed by atoms with E-state index in [1.165, 1.54) is 18.4 Å². The van der Waals surface area contributed by atoms with Crippen molar-refractivity contribution in [2.75, 3.05) is 7.11 Å². The summed E-state index contributed by atoms with van der Waals surface area (Å²) in [4.78, 5) is 15.1. The van der Waals surface area contributed by atoms with Crippen molar-refractivity contribution in [1.82, 2.24) is 4.90 Å². The van der Waals surface area contributed by atoms with Gasteiger partial charge in [-0.1, -0.05) is 53.0 Å². The number of hydrogen-bond donors (Lipinski definition) is 0. The normalized spacial score (nSPS) is 15.4. The molecule has 2 heterocycles. The Morgan fingerprint density at radius 2 is 2.00 bits per heavy atom. The summed E-state index contributed by atoms with van der Waals surface area (Å²) in [7, 11) is 1.34. The average molecular weight is 389 g/mol. The number of nitrogens with zero attached hydrogens (tertiary/aromatic N) is 1. The number of fused-ring (bicyclic) bond motifs is 1. The molecule has 1 aliphatic rings. The molecule has 1 aromatic heterocycles. The highest BCUT2D eigenvalue weighted by Crippen LogP contribution is 2.44. The Labute approximate surface area is 153 Å². The van der Waals surface area contributed by atoms with Crippen LogP contribution in [0.5, 0.6) is 0 Å². The summed E-state index contributed by atoms with van der Waals surface area (Å²) < 4.78 is 4.97. The number of carbonyl (C=O) groups is 1. The third-order valence-corrected chi connectivity index (χ3v) is 5.96. The molecule has 23 heavy (non-hydrogen) atoms. The molecular weight excluding hydrogens is 377 g/mol. The fraction of sp³-hybridized carbons (Fsp3) is 0.188. The highest BCUT2D eigenvalue weighted by atomic mass is 35.5. The zero-order valence-electron chi connectivity index (χ0n) is 12.1. The second kappa shape index (κ2) is 6.73. The predicted octanol–water partition coefficient (Wildman–Crippen LogP) is 5.24. The van der Waals surface area contributed by atoms with Crippen LogP contribution in [0.2, 0.25) is 5.02 Å². The fourth-order valence-corrected chi connectivity index (χ4v) is 4.32.